The lowest BCUT2D eigenvalue weighted by atomic mass is 10.1. The van der Waals surface area contributed by atoms with Crippen LogP contribution in [0, 0.1) is 13.8 Å². The van der Waals surface area contributed by atoms with Crippen LogP contribution >= 0.6 is 11.3 Å². The van der Waals surface area contributed by atoms with Gasteiger partial charge in [-0.25, -0.2) is 9.97 Å². The molecule has 3 heterocycles. The number of fused-ring (bicyclic) bond motifs is 1. The van der Waals surface area contributed by atoms with E-state index in [1.165, 1.54) is 11.3 Å². The molecule has 0 saturated heterocycles. The number of amides is 1. The van der Waals surface area contributed by atoms with Crippen molar-refractivity contribution in [1.82, 2.24) is 15.3 Å². The van der Waals surface area contributed by atoms with Crippen molar-refractivity contribution < 1.29 is 13.9 Å². The zero-order valence-corrected chi connectivity index (χ0v) is 14.7. The lowest BCUT2D eigenvalue weighted by Crippen LogP contribution is -2.24. The van der Waals surface area contributed by atoms with Gasteiger partial charge in [-0.3, -0.25) is 4.79 Å². The highest BCUT2D eigenvalue weighted by atomic mass is 32.1. The van der Waals surface area contributed by atoms with E-state index in [4.69, 9.17) is 9.15 Å². The summed E-state index contributed by atoms with van der Waals surface area (Å²) in [5.74, 6) is 1.08. The number of ether oxygens (including phenoxy) is 1. The molecule has 3 aromatic rings. The van der Waals surface area contributed by atoms with Crippen LogP contribution in [0.2, 0.25) is 0 Å². The lowest BCUT2D eigenvalue weighted by Gasteiger charge is -2.04. The summed E-state index contributed by atoms with van der Waals surface area (Å²) in [6.07, 6.45) is 2.38. The second-order valence-corrected chi connectivity index (χ2v) is 6.45. The van der Waals surface area contributed by atoms with Crippen LogP contribution in [0.1, 0.15) is 27.3 Å². The van der Waals surface area contributed by atoms with E-state index in [0.29, 0.717) is 29.6 Å². The van der Waals surface area contributed by atoms with Crippen molar-refractivity contribution in [1.29, 1.82) is 0 Å². The Morgan fingerprint density at radius 3 is 2.92 bits per heavy atom. The molecule has 0 fully saturated rings. The van der Waals surface area contributed by atoms with Crippen molar-refractivity contribution in [3.8, 4) is 11.6 Å². The standard InChI is InChI=1S/C17H19N3O3S/c1-10-13-11(2)19-15(12-6-4-9-23-12)20-17(13)24-14(10)16(21)18-7-5-8-22-3/h4,6,9H,5,7-8H2,1-3H3,(H,18,21). The van der Waals surface area contributed by atoms with Crippen LogP contribution in [0.25, 0.3) is 21.8 Å². The second-order valence-electron chi connectivity index (χ2n) is 5.45. The number of rotatable bonds is 6. The number of hydrogen-bond acceptors (Lipinski definition) is 6. The minimum Gasteiger partial charge on any atom is -0.461 e. The summed E-state index contributed by atoms with van der Waals surface area (Å²) in [5.41, 5.74) is 1.77. The molecule has 0 aliphatic heterocycles. The highest BCUT2D eigenvalue weighted by molar-refractivity contribution is 7.20. The second kappa shape index (κ2) is 7.11. The molecular weight excluding hydrogens is 326 g/mol. The number of hydrogen-bond donors (Lipinski definition) is 1. The van der Waals surface area contributed by atoms with E-state index in [2.05, 4.69) is 15.3 Å². The van der Waals surface area contributed by atoms with Gasteiger partial charge < -0.3 is 14.5 Å². The van der Waals surface area contributed by atoms with E-state index in [1.54, 1.807) is 19.4 Å². The van der Waals surface area contributed by atoms with E-state index in [-0.39, 0.29) is 5.91 Å². The van der Waals surface area contributed by atoms with Gasteiger partial charge in [-0.15, -0.1) is 11.3 Å². The minimum absolute atomic E-state index is 0.0782. The number of furan rings is 1. The van der Waals surface area contributed by atoms with Gasteiger partial charge in [-0.2, -0.15) is 0 Å². The van der Waals surface area contributed by atoms with Gasteiger partial charge in [-0.05, 0) is 38.0 Å². The van der Waals surface area contributed by atoms with E-state index in [9.17, 15) is 4.79 Å². The summed E-state index contributed by atoms with van der Waals surface area (Å²) in [7, 11) is 1.65. The highest BCUT2D eigenvalue weighted by Crippen LogP contribution is 2.32. The molecule has 0 atom stereocenters. The molecule has 0 aliphatic rings. The summed E-state index contributed by atoms with van der Waals surface area (Å²) >= 11 is 1.39. The minimum atomic E-state index is -0.0782. The zero-order chi connectivity index (χ0) is 17.1. The molecule has 6 nitrogen and oxygen atoms in total. The maximum absolute atomic E-state index is 12.4. The number of carbonyl (C=O) groups is 1. The van der Waals surface area contributed by atoms with Gasteiger partial charge in [0.05, 0.1) is 16.8 Å². The van der Waals surface area contributed by atoms with E-state index in [1.807, 2.05) is 19.9 Å². The number of aryl methyl sites for hydroxylation is 2. The van der Waals surface area contributed by atoms with E-state index >= 15 is 0 Å². The fourth-order valence-electron chi connectivity index (χ4n) is 2.57. The number of thiophene rings is 1. The van der Waals surface area contributed by atoms with Crippen LogP contribution in [0.3, 0.4) is 0 Å². The Morgan fingerprint density at radius 1 is 1.38 bits per heavy atom. The summed E-state index contributed by atoms with van der Waals surface area (Å²) in [6.45, 7) is 5.08. The quantitative estimate of drug-likeness (QED) is 0.693. The first kappa shape index (κ1) is 16.6. The summed E-state index contributed by atoms with van der Waals surface area (Å²) in [4.78, 5) is 23.0. The Hall–Kier alpha value is -2.25. The molecule has 0 spiro atoms. The van der Waals surface area contributed by atoms with Crippen molar-refractivity contribution in [2.24, 2.45) is 0 Å². The molecule has 3 aromatic heterocycles. The fourth-order valence-corrected chi connectivity index (χ4v) is 3.72. The van der Waals surface area contributed by atoms with Gasteiger partial charge in [0.15, 0.2) is 11.6 Å². The largest absolute Gasteiger partial charge is 0.461 e. The molecule has 0 saturated carbocycles. The molecular formula is C17H19N3O3S. The number of nitrogens with zero attached hydrogens (tertiary/aromatic N) is 2. The number of carbonyl (C=O) groups excluding carboxylic acids is 1. The Labute approximate surface area is 143 Å². The van der Waals surface area contributed by atoms with Gasteiger partial charge in [0, 0.05) is 25.6 Å². The molecule has 0 bridgehead atoms. The van der Waals surface area contributed by atoms with Crippen LogP contribution in [0.4, 0.5) is 0 Å². The molecule has 126 valence electrons. The summed E-state index contributed by atoms with van der Waals surface area (Å²) in [6, 6.07) is 3.63. The van der Waals surface area contributed by atoms with Gasteiger partial charge >= 0.3 is 0 Å². The maximum Gasteiger partial charge on any atom is 0.261 e. The van der Waals surface area contributed by atoms with Gasteiger partial charge in [-0.1, -0.05) is 0 Å². The van der Waals surface area contributed by atoms with Crippen LogP contribution in [0.5, 0.6) is 0 Å². The van der Waals surface area contributed by atoms with Crippen LogP contribution in [-0.2, 0) is 4.74 Å². The Balaban J connectivity index is 1.92. The molecule has 0 unspecified atom stereocenters. The SMILES string of the molecule is COCCCNC(=O)c1sc2nc(-c3ccco3)nc(C)c2c1C. The Bertz CT molecular complexity index is 856. The molecule has 0 aliphatic carbocycles. The topological polar surface area (TPSA) is 77.2 Å². The molecule has 1 N–H and O–H groups in total. The number of aromatic nitrogens is 2. The predicted octanol–water partition coefficient (Wildman–Crippen LogP) is 3.33. The maximum atomic E-state index is 12.4. The first-order chi connectivity index (χ1) is 11.6. The van der Waals surface area contributed by atoms with Crippen molar-refractivity contribution in [3.63, 3.8) is 0 Å². The van der Waals surface area contributed by atoms with Gasteiger partial charge in [0.1, 0.15) is 4.83 Å². The van der Waals surface area contributed by atoms with Crippen molar-refractivity contribution in [2.45, 2.75) is 20.3 Å². The third-order valence-electron chi connectivity index (χ3n) is 3.73. The summed E-state index contributed by atoms with van der Waals surface area (Å²) < 4.78 is 10.4. The van der Waals surface area contributed by atoms with Crippen molar-refractivity contribution >= 4 is 27.5 Å². The average molecular weight is 345 g/mol. The van der Waals surface area contributed by atoms with Gasteiger partial charge in [0.2, 0.25) is 0 Å². The molecule has 1 amide bonds. The van der Waals surface area contributed by atoms with Gasteiger partial charge in [0.25, 0.3) is 5.91 Å². The average Bonchev–Trinajstić information content (AvgIpc) is 3.20. The first-order valence-corrected chi connectivity index (χ1v) is 8.52. The van der Waals surface area contributed by atoms with Crippen LogP contribution < -0.4 is 5.32 Å². The number of methoxy groups -OCH3 is 1. The number of nitrogens with one attached hydrogen (secondary N) is 1. The normalized spacial score (nSPS) is 11.1. The van der Waals surface area contributed by atoms with E-state index in [0.717, 1.165) is 27.9 Å². The molecule has 3 rings (SSSR count). The smallest absolute Gasteiger partial charge is 0.261 e. The lowest BCUT2D eigenvalue weighted by molar-refractivity contribution is 0.0952. The molecule has 7 heteroatoms. The summed E-state index contributed by atoms with van der Waals surface area (Å²) in [5, 5.41) is 3.86. The third-order valence-corrected chi connectivity index (χ3v) is 4.91. The Morgan fingerprint density at radius 2 is 2.21 bits per heavy atom. The predicted molar refractivity (Wildman–Crippen MR) is 93.4 cm³/mol. The van der Waals surface area contributed by atoms with Crippen molar-refractivity contribution in [2.75, 3.05) is 20.3 Å². The Kier molecular flexibility index (Phi) is 4.92. The monoisotopic (exact) mass is 345 g/mol. The fraction of sp³-hybridized carbons (Fsp3) is 0.353. The van der Waals surface area contributed by atoms with Crippen molar-refractivity contribution in [3.05, 3.63) is 34.5 Å². The molecule has 24 heavy (non-hydrogen) atoms. The van der Waals surface area contributed by atoms with Crippen LogP contribution in [-0.4, -0.2) is 36.1 Å². The third kappa shape index (κ3) is 3.18. The zero-order valence-electron chi connectivity index (χ0n) is 13.9. The van der Waals surface area contributed by atoms with Crippen LogP contribution in [0.15, 0.2) is 22.8 Å². The first-order valence-electron chi connectivity index (χ1n) is 7.70. The molecule has 0 radical (unpaired) electrons. The highest BCUT2D eigenvalue weighted by Gasteiger charge is 2.19. The van der Waals surface area contributed by atoms with E-state index < -0.39 is 0 Å². The molecule has 0 aromatic carbocycles.